The van der Waals surface area contributed by atoms with Crippen molar-refractivity contribution in [2.45, 2.75) is 0 Å². The maximum absolute atomic E-state index is 10.2. The van der Waals surface area contributed by atoms with E-state index in [-0.39, 0.29) is 0 Å². The van der Waals surface area contributed by atoms with Gasteiger partial charge in [-0.3, -0.25) is 0 Å². The van der Waals surface area contributed by atoms with Crippen LogP contribution in [0.25, 0.3) is 22.6 Å². The van der Waals surface area contributed by atoms with Crippen molar-refractivity contribution >= 4 is 38.8 Å². The molecule has 0 spiro atoms. The van der Waals surface area contributed by atoms with Crippen LogP contribution in [0.5, 0.6) is 0 Å². The normalized spacial score (nSPS) is 10.4. The van der Waals surface area contributed by atoms with Crippen LogP contribution in [0.15, 0.2) is 56.3 Å². The third-order valence-electron chi connectivity index (χ3n) is 2.64. The van der Waals surface area contributed by atoms with Crippen molar-refractivity contribution in [2.75, 3.05) is 0 Å². The molecule has 4 nitrogen and oxygen atoms in total. The highest BCUT2D eigenvalue weighted by molar-refractivity contribution is 9.10. The van der Waals surface area contributed by atoms with Gasteiger partial charge >= 0.3 is 0 Å². The molecule has 0 atom stereocenters. The van der Waals surface area contributed by atoms with E-state index in [1.54, 1.807) is 18.2 Å². The minimum Gasteiger partial charge on any atom is -0.436 e. The molecule has 0 fully saturated rings. The molecular weight excluding hydrogens is 308 g/mol. The van der Waals surface area contributed by atoms with E-state index in [2.05, 4.69) is 25.9 Å². The maximum Gasteiger partial charge on any atom is 0.240 e. The summed E-state index contributed by atoms with van der Waals surface area (Å²) in [6.07, 6.45) is 1.50. The number of rotatable bonds is 2. The van der Waals surface area contributed by atoms with Gasteiger partial charge in [0.05, 0.1) is 5.69 Å². The Balaban J connectivity index is 2.10. The Labute approximate surface area is 116 Å². The van der Waals surface area contributed by atoms with Crippen molar-refractivity contribution in [1.29, 1.82) is 0 Å². The first-order valence-corrected chi connectivity index (χ1v) is 6.30. The third-order valence-corrected chi connectivity index (χ3v) is 3.17. The van der Waals surface area contributed by atoms with Gasteiger partial charge in [-0.2, -0.15) is 4.99 Å². The summed E-state index contributed by atoms with van der Waals surface area (Å²) >= 11 is 3.38. The van der Waals surface area contributed by atoms with Crippen molar-refractivity contribution in [3.05, 3.63) is 46.9 Å². The average Bonchev–Trinajstić information content (AvgIpc) is 2.83. The topological polar surface area (TPSA) is 55.5 Å². The fraction of sp³-hybridized carbons (Fsp3) is 0. The van der Waals surface area contributed by atoms with Gasteiger partial charge in [0.15, 0.2) is 5.58 Å². The zero-order valence-corrected chi connectivity index (χ0v) is 11.2. The lowest BCUT2D eigenvalue weighted by Gasteiger charge is -1.94. The molecule has 2 aromatic carbocycles. The summed E-state index contributed by atoms with van der Waals surface area (Å²) in [7, 11) is 0. The molecule has 1 heterocycles. The predicted octanol–water partition coefficient (Wildman–Crippen LogP) is 4.22. The molecule has 0 saturated carbocycles. The minimum absolute atomic E-state index is 0.512. The van der Waals surface area contributed by atoms with Crippen molar-refractivity contribution in [3.8, 4) is 11.5 Å². The van der Waals surface area contributed by atoms with E-state index >= 15 is 0 Å². The standard InChI is InChI=1S/C14H7BrN2O2/c15-10-3-1-9(2-4-10)14-17-12-7-11(16-8-18)5-6-13(12)19-14/h1-7H. The molecule has 0 radical (unpaired) electrons. The molecule has 3 rings (SSSR count). The minimum atomic E-state index is 0.512. The van der Waals surface area contributed by atoms with Crippen molar-refractivity contribution in [3.63, 3.8) is 0 Å². The van der Waals surface area contributed by atoms with E-state index in [1.807, 2.05) is 24.3 Å². The van der Waals surface area contributed by atoms with Crippen LogP contribution in [0.1, 0.15) is 0 Å². The van der Waals surface area contributed by atoms with Gasteiger partial charge in [0, 0.05) is 10.0 Å². The molecule has 0 aliphatic rings. The molecule has 0 unspecified atom stereocenters. The van der Waals surface area contributed by atoms with Crippen LogP contribution in [0, 0.1) is 0 Å². The van der Waals surface area contributed by atoms with Gasteiger partial charge in [0.25, 0.3) is 0 Å². The smallest absolute Gasteiger partial charge is 0.240 e. The van der Waals surface area contributed by atoms with E-state index < -0.39 is 0 Å². The van der Waals surface area contributed by atoms with Crippen LogP contribution in [0.3, 0.4) is 0 Å². The van der Waals surface area contributed by atoms with Gasteiger partial charge in [-0.05, 0) is 42.5 Å². The summed E-state index contributed by atoms with van der Waals surface area (Å²) < 4.78 is 6.66. The number of aliphatic imine (C=N–C) groups is 1. The van der Waals surface area contributed by atoms with E-state index in [0.717, 1.165) is 10.0 Å². The number of carbonyl (C=O) groups excluding carboxylic acids is 1. The maximum atomic E-state index is 10.2. The SMILES string of the molecule is O=C=Nc1ccc2oc(-c3ccc(Br)cc3)nc2c1. The predicted molar refractivity (Wildman–Crippen MR) is 74.9 cm³/mol. The molecule has 0 bridgehead atoms. The molecule has 3 aromatic rings. The Morgan fingerprint density at radius 1 is 1.16 bits per heavy atom. The molecule has 0 saturated heterocycles. The Bertz CT molecular complexity index is 787. The van der Waals surface area contributed by atoms with Crippen LogP contribution in [0.4, 0.5) is 5.69 Å². The van der Waals surface area contributed by atoms with Crippen LogP contribution in [-0.2, 0) is 4.79 Å². The lowest BCUT2D eigenvalue weighted by Crippen LogP contribution is -1.75. The lowest BCUT2D eigenvalue weighted by atomic mass is 10.2. The van der Waals surface area contributed by atoms with Crippen LogP contribution < -0.4 is 0 Å². The highest BCUT2D eigenvalue weighted by atomic mass is 79.9. The van der Waals surface area contributed by atoms with Crippen LogP contribution >= 0.6 is 15.9 Å². The number of fused-ring (bicyclic) bond motifs is 1. The highest BCUT2D eigenvalue weighted by Crippen LogP contribution is 2.27. The van der Waals surface area contributed by atoms with E-state index in [0.29, 0.717) is 22.7 Å². The van der Waals surface area contributed by atoms with Crippen LogP contribution in [-0.4, -0.2) is 11.1 Å². The first kappa shape index (κ1) is 11.8. The van der Waals surface area contributed by atoms with Gasteiger partial charge in [-0.1, -0.05) is 15.9 Å². The lowest BCUT2D eigenvalue weighted by molar-refractivity contribution is 0.565. The number of nitrogens with zero attached hydrogens (tertiary/aromatic N) is 2. The number of halogens is 1. The Morgan fingerprint density at radius 2 is 1.95 bits per heavy atom. The largest absolute Gasteiger partial charge is 0.436 e. The van der Waals surface area contributed by atoms with Gasteiger partial charge in [-0.25, -0.2) is 9.78 Å². The average molecular weight is 315 g/mol. The van der Waals surface area contributed by atoms with Crippen LogP contribution in [0.2, 0.25) is 0 Å². The van der Waals surface area contributed by atoms with Crippen molar-refractivity contribution < 1.29 is 9.21 Å². The zero-order valence-electron chi connectivity index (χ0n) is 9.63. The number of benzene rings is 2. The van der Waals surface area contributed by atoms with Gasteiger partial charge in [0.1, 0.15) is 5.52 Å². The van der Waals surface area contributed by atoms with Gasteiger partial charge < -0.3 is 4.42 Å². The molecular formula is C14H7BrN2O2. The zero-order chi connectivity index (χ0) is 13.2. The number of isocyanates is 1. The van der Waals surface area contributed by atoms with E-state index in [4.69, 9.17) is 4.42 Å². The molecule has 0 amide bonds. The fourth-order valence-electron chi connectivity index (χ4n) is 1.75. The first-order chi connectivity index (χ1) is 9.26. The monoisotopic (exact) mass is 314 g/mol. The molecule has 0 N–H and O–H groups in total. The summed E-state index contributed by atoms with van der Waals surface area (Å²) in [6.45, 7) is 0. The number of hydrogen-bond donors (Lipinski definition) is 0. The molecule has 5 heteroatoms. The Hall–Kier alpha value is -2.23. The summed E-state index contributed by atoms with van der Waals surface area (Å²) in [4.78, 5) is 18.2. The fourth-order valence-corrected chi connectivity index (χ4v) is 2.02. The summed E-state index contributed by atoms with van der Waals surface area (Å²) in [5, 5.41) is 0. The van der Waals surface area contributed by atoms with E-state index in [9.17, 15) is 4.79 Å². The summed E-state index contributed by atoms with van der Waals surface area (Å²) in [5.41, 5.74) is 2.72. The van der Waals surface area contributed by atoms with Gasteiger partial charge in [0.2, 0.25) is 12.0 Å². The van der Waals surface area contributed by atoms with Crippen molar-refractivity contribution in [2.24, 2.45) is 4.99 Å². The second-order valence-corrected chi connectivity index (χ2v) is 4.80. The second-order valence-electron chi connectivity index (χ2n) is 3.88. The molecule has 0 aliphatic heterocycles. The molecule has 1 aromatic heterocycles. The van der Waals surface area contributed by atoms with Crippen molar-refractivity contribution in [1.82, 2.24) is 4.98 Å². The number of oxazole rings is 1. The highest BCUT2D eigenvalue weighted by Gasteiger charge is 2.08. The third kappa shape index (κ3) is 2.34. The number of aromatic nitrogens is 1. The first-order valence-electron chi connectivity index (χ1n) is 5.51. The molecule has 0 aliphatic carbocycles. The Morgan fingerprint density at radius 3 is 2.68 bits per heavy atom. The van der Waals surface area contributed by atoms with E-state index in [1.165, 1.54) is 6.08 Å². The number of hydrogen-bond acceptors (Lipinski definition) is 4. The molecule has 92 valence electrons. The molecule has 19 heavy (non-hydrogen) atoms. The Kier molecular flexibility index (Phi) is 2.99. The van der Waals surface area contributed by atoms with Gasteiger partial charge in [-0.15, -0.1) is 0 Å². The second kappa shape index (κ2) is 4.80. The quantitative estimate of drug-likeness (QED) is 0.525. The summed E-state index contributed by atoms with van der Waals surface area (Å²) in [5.74, 6) is 0.537. The summed E-state index contributed by atoms with van der Waals surface area (Å²) in [6, 6.07) is 12.8.